The van der Waals surface area contributed by atoms with Crippen molar-refractivity contribution in [1.82, 2.24) is 40.4 Å². The molecule has 65 heavy (non-hydrogen) atoms. The zero-order valence-electron chi connectivity index (χ0n) is 39.9. The normalized spacial score (nSPS) is 21.5. The molecular weight excluding hydrogens is 821 g/mol. The number of aromatic amines is 2. The Morgan fingerprint density at radius 3 is 1.65 bits per heavy atom. The fourth-order valence-corrected chi connectivity index (χ4v) is 11.2. The van der Waals surface area contributed by atoms with Crippen molar-refractivity contribution in [2.45, 2.75) is 131 Å². The fraction of sp³-hybridized carbons (Fsp3) is 0.569. The molecule has 1 spiro atoms. The van der Waals surface area contributed by atoms with E-state index in [1.807, 2.05) is 49.9 Å². The van der Waals surface area contributed by atoms with Crippen molar-refractivity contribution in [2.75, 3.05) is 27.3 Å². The van der Waals surface area contributed by atoms with Crippen LogP contribution < -0.4 is 10.6 Å². The highest BCUT2D eigenvalue weighted by Gasteiger charge is 2.47. The molecule has 2 aliphatic heterocycles. The van der Waals surface area contributed by atoms with Gasteiger partial charge in [-0.15, -0.1) is 0 Å². The van der Waals surface area contributed by atoms with E-state index in [1.54, 1.807) is 0 Å². The van der Waals surface area contributed by atoms with Gasteiger partial charge in [0, 0.05) is 18.7 Å². The minimum absolute atomic E-state index is 0.131. The maximum absolute atomic E-state index is 14.2. The first-order valence-corrected chi connectivity index (χ1v) is 23.5. The highest BCUT2D eigenvalue weighted by molar-refractivity contribution is 5.87. The van der Waals surface area contributed by atoms with E-state index in [1.165, 1.54) is 51.0 Å². The summed E-state index contributed by atoms with van der Waals surface area (Å²) in [5, 5.41) is 5.53. The Bertz CT molecular complexity index is 2430. The van der Waals surface area contributed by atoms with E-state index < -0.39 is 24.3 Å². The van der Waals surface area contributed by atoms with E-state index in [-0.39, 0.29) is 46.6 Å². The molecule has 2 saturated heterocycles. The zero-order chi connectivity index (χ0) is 46.6. The Morgan fingerprint density at radius 2 is 1.15 bits per heavy atom. The molecule has 4 heterocycles. The molecule has 2 aliphatic carbocycles. The van der Waals surface area contributed by atoms with E-state index in [0.717, 1.165) is 71.0 Å². The summed E-state index contributed by atoms with van der Waals surface area (Å²) in [4.78, 5) is 73.5. The standard InChI is InChI=1S/C51H68N8O6/c1-29(2)41(56-47(62)64-9)45(60)58-27-49(5,6)23-39(58)43-52-25-37(54-43)32-15-13-31(14-16-32)33-19-34-21-51(17-11-12-18-51)22-36(34)35(20-33)38-26-53-44(55-38)40-24-50(7,8)28-59(40)46(61)42(30(3)4)57-48(63)65-10/h13-16,19-20,25-26,29-30,39-42H,11-12,17-18,21-24,27-28H2,1-10H3,(H,52,54)(H,53,55)(H,56,62)(H,57,63)/t39-,40-,41-,42-/m0/s1. The van der Waals surface area contributed by atoms with Crippen molar-refractivity contribution in [1.29, 1.82) is 0 Å². The molecule has 14 heteroatoms. The maximum Gasteiger partial charge on any atom is 0.407 e. The van der Waals surface area contributed by atoms with Crippen molar-refractivity contribution < 1.29 is 28.7 Å². The van der Waals surface area contributed by atoms with Crippen LogP contribution in [0.15, 0.2) is 48.8 Å². The fourth-order valence-electron chi connectivity index (χ4n) is 11.2. The summed E-state index contributed by atoms with van der Waals surface area (Å²) in [5.41, 5.74) is 8.98. The molecule has 8 rings (SSSR count). The van der Waals surface area contributed by atoms with Gasteiger partial charge in [0.2, 0.25) is 11.8 Å². The number of amides is 4. The van der Waals surface area contributed by atoms with Gasteiger partial charge in [0.1, 0.15) is 23.7 Å². The second-order valence-electron chi connectivity index (χ2n) is 21.6. The minimum Gasteiger partial charge on any atom is -0.453 e. The number of ether oxygens (including phenoxy) is 2. The number of fused-ring (bicyclic) bond motifs is 1. The summed E-state index contributed by atoms with van der Waals surface area (Å²) in [5.74, 6) is 0.927. The van der Waals surface area contributed by atoms with Crippen LogP contribution in [0, 0.1) is 28.1 Å². The summed E-state index contributed by atoms with van der Waals surface area (Å²) in [6.45, 7) is 17.4. The first-order valence-electron chi connectivity index (χ1n) is 23.5. The van der Waals surface area contributed by atoms with Crippen LogP contribution in [0.1, 0.15) is 129 Å². The summed E-state index contributed by atoms with van der Waals surface area (Å²) < 4.78 is 9.72. The number of rotatable bonds is 11. The molecular formula is C51H68N8O6. The largest absolute Gasteiger partial charge is 0.453 e. The maximum atomic E-state index is 14.2. The lowest BCUT2D eigenvalue weighted by molar-refractivity contribution is -0.136. The Morgan fingerprint density at radius 1 is 0.677 bits per heavy atom. The number of hydrogen-bond acceptors (Lipinski definition) is 8. The lowest BCUT2D eigenvalue weighted by Crippen LogP contribution is -2.51. The monoisotopic (exact) mass is 889 g/mol. The van der Waals surface area contributed by atoms with Crippen molar-refractivity contribution in [3.63, 3.8) is 0 Å². The predicted octanol–water partition coefficient (Wildman–Crippen LogP) is 9.15. The van der Waals surface area contributed by atoms with Crippen LogP contribution in [0.5, 0.6) is 0 Å². The molecule has 348 valence electrons. The van der Waals surface area contributed by atoms with Crippen molar-refractivity contribution in [3.05, 3.63) is 71.6 Å². The molecule has 4 amide bonds. The van der Waals surface area contributed by atoms with E-state index >= 15 is 0 Å². The number of aromatic nitrogens is 4. The summed E-state index contributed by atoms with van der Waals surface area (Å²) in [6.07, 6.45) is 11.1. The van der Waals surface area contributed by atoms with Crippen molar-refractivity contribution in [3.8, 4) is 33.6 Å². The summed E-state index contributed by atoms with van der Waals surface area (Å²) in [7, 11) is 2.61. The number of hydrogen-bond donors (Lipinski definition) is 4. The molecule has 14 nitrogen and oxygen atoms in total. The first-order chi connectivity index (χ1) is 30.8. The van der Waals surface area contributed by atoms with Crippen LogP contribution >= 0.6 is 0 Å². The number of imidazole rings is 2. The number of likely N-dealkylation sites (tertiary alicyclic amines) is 2. The Labute approximate surface area is 383 Å². The molecule has 4 atom stereocenters. The van der Waals surface area contributed by atoms with Gasteiger partial charge in [-0.25, -0.2) is 19.6 Å². The highest BCUT2D eigenvalue weighted by Crippen LogP contribution is 2.52. The lowest BCUT2D eigenvalue weighted by Gasteiger charge is -2.30. The average molecular weight is 889 g/mol. The van der Waals surface area contributed by atoms with E-state index in [4.69, 9.17) is 19.4 Å². The minimum atomic E-state index is -0.723. The Kier molecular flexibility index (Phi) is 12.4. The number of carbonyl (C=O) groups excluding carboxylic acids is 4. The van der Waals surface area contributed by atoms with Gasteiger partial charge in [-0.3, -0.25) is 9.59 Å². The van der Waals surface area contributed by atoms with E-state index in [9.17, 15) is 19.2 Å². The van der Waals surface area contributed by atoms with Crippen LogP contribution in [0.2, 0.25) is 0 Å². The third-order valence-electron chi connectivity index (χ3n) is 14.6. The van der Waals surface area contributed by atoms with Crippen molar-refractivity contribution >= 4 is 24.0 Å². The molecule has 1 saturated carbocycles. The van der Waals surface area contributed by atoms with Gasteiger partial charge in [-0.1, -0.05) is 98.6 Å². The highest BCUT2D eigenvalue weighted by atomic mass is 16.5. The van der Waals surface area contributed by atoms with Gasteiger partial charge in [-0.2, -0.15) is 0 Å². The molecule has 2 aromatic carbocycles. The smallest absolute Gasteiger partial charge is 0.407 e. The van der Waals surface area contributed by atoms with Crippen LogP contribution in [0.25, 0.3) is 33.6 Å². The van der Waals surface area contributed by atoms with Gasteiger partial charge in [0.05, 0.1) is 50.1 Å². The Hall–Kier alpha value is -5.66. The molecule has 0 unspecified atom stereocenters. The van der Waals surface area contributed by atoms with Crippen LogP contribution in [-0.2, 0) is 31.9 Å². The molecule has 4 aromatic rings. The van der Waals surface area contributed by atoms with Gasteiger partial charge < -0.3 is 39.9 Å². The second-order valence-corrected chi connectivity index (χ2v) is 21.6. The van der Waals surface area contributed by atoms with Gasteiger partial charge in [0.15, 0.2) is 0 Å². The van der Waals surface area contributed by atoms with Crippen molar-refractivity contribution in [2.24, 2.45) is 28.1 Å². The molecule has 0 bridgehead atoms. The van der Waals surface area contributed by atoms with Gasteiger partial charge in [0.25, 0.3) is 0 Å². The SMILES string of the molecule is COC(=O)N[C@H](C(=O)N1CC(C)(C)C[C@H]1c1ncc(-c2ccc(-c3cc4c(c(-c5cnc([C@@H]6CC(C)(C)CN6C(=O)[C@@H](NC(=O)OC)C(C)C)[nH]5)c3)CC3(CCCC3)C4)cc2)[nH]1)C(C)C. The summed E-state index contributed by atoms with van der Waals surface area (Å²) in [6, 6.07) is 11.3. The lowest BCUT2D eigenvalue weighted by atomic mass is 9.83. The predicted molar refractivity (Wildman–Crippen MR) is 249 cm³/mol. The third-order valence-corrected chi connectivity index (χ3v) is 14.6. The number of alkyl carbamates (subject to hydrolysis) is 2. The second kappa shape index (κ2) is 17.6. The number of benzene rings is 2. The quantitative estimate of drug-likeness (QED) is 0.115. The van der Waals surface area contributed by atoms with Crippen LogP contribution in [0.3, 0.4) is 0 Å². The summed E-state index contributed by atoms with van der Waals surface area (Å²) >= 11 is 0. The molecule has 0 radical (unpaired) electrons. The van der Waals surface area contributed by atoms with E-state index in [0.29, 0.717) is 18.5 Å². The van der Waals surface area contributed by atoms with E-state index in [2.05, 4.69) is 84.7 Å². The molecule has 4 aliphatic rings. The molecule has 3 fully saturated rings. The number of nitrogens with one attached hydrogen (secondary N) is 4. The van der Waals surface area contributed by atoms with Gasteiger partial charge in [-0.05, 0) is 100 Å². The first kappa shape index (κ1) is 45.9. The average Bonchev–Trinajstić information content (AvgIpc) is 4.14. The van der Waals surface area contributed by atoms with Crippen LogP contribution in [-0.4, -0.2) is 93.1 Å². The topological polar surface area (TPSA) is 175 Å². The van der Waals surface area contributed by atoms with Gasteiger partial charge >= 0.3 is 12.2 Å². The molecule has 4 N–H and O–H groups in total. The third kappa shape index (κ3) is 9.27. The molecule has 2 aromatic heterocycles. The number of methoxy groups -OCH3 is 2. The number of nitrogens with zero attached hydrogens (tertiary/aromatic N) is 4. The Balaban J connectivity index is 1.07. The number of carbonyl (C=O) groups is 4. The number of H-pyrrole nitrogens is 2. The van der Waals surface area contributed by atoms with Crippen LogP contribution in [0.4, 0.5) is 9.59 Å². The zero-order valence-corrected chi connectivity index (χ0v) is 39.9.